The molecule has 0 spiro atoms. The lowest BCUT2D eigenvalue weighted by Gasteiger charge is -2.52. The van der Waals surface area contributed by atoms with Crippen molar-refractivity contribution in [2.24, 2.45) is 5.92 Å². The van der Waals surface area contributed by atoms with Gasteiger partial charge in [0.05, 0.1) is 0 Å². The fraction of sp³-hybridized carbons (Fsp3) is 0.304. The summed E-state index contributed by atoms with van der Waals surface area (Å²) in [6.45, 7) is 7.97. The Labute approximate surface area is 165 Å². The summed E-state index contributed by atoms with van der Waals surface area (Å²) in [4.78, 5) is 28.2. The number of hydrogen-bond acceptors (Lipinski definition) is 3. The number of carbonyl (C=O) groups excluding carboxylic acids is 2. The molecule has 2 aliphatic rings. The van der Waals surface area contributed by atoms with Crippen LogP contribution in [0.25, 0.3) is 0 Å². The lowest BCUT2D eigenvalue weighted by atomic mass is 9.73. The lowest BCUT2D eigenvalue weighted by Crippen LogP contribution is -2.64. The molecule has 2 amide bonds. The number of carbonyl (C=O) groups is 2. The Balaban J connectivity index is 1.74. The zero-order valence-corrected chi connectivity index (χ0v) is 16.1. The zero-order chi connectivity index (χ0) is 19.9. The maximum atomic E-state index is 13.4. The summed E-state index contributed by atoms with van der Waals surface area (Å²) in [5, 5.41) is 2.94. The first kappa shape index (κ1) is 18.3. The van der Waals surface area contributed by atoms with Crippen molar-refractivity contribution < 1.29 is 14.3 Å². The van der Waals surface area contributed by atoms with Crippen LogP contribution in [0.4, 0.5) is 5.69 Å². The molecule has 0 aliphatic carbocycles. The summed E-state index contributed by atoms with van der Waals surface area (Å²) in [5.41, 5.74) is 1.87. The minimum atomic E-state index is -0.807. The smallest absolute Gasteiger partial charge is 0.239 e. The summed E-state index contributed by atoms with van der Waals surface area (Å²) in [6.07, 6.45) is 2.23. The van der Waals surface area contributed by atoms with E-state index in [0.29, 0.717) is 18.7 Å². The molecule has 5 nitrogen and oxygen atoms in total. The van der Waals surface area contributed by atoms with Gasteiger partial charge in [0, 0.05) is 24.6 Å². The van der Waals surface area contributed by atoms with E-state index in [1.807, 2.05) is 62.4 Å². The maximum absolute atomic E-state index is 13.4. The molecule has 0 saturated carbocycles. The average molecular weight is 376 g/mol. The van der Waals surface area contributed by atoms with Gasteiger partial charge in [0.15, 0.2) is 5.72 Å². The first-order valence-corrected chi connectivity index (χ1v) is 9.51. The van der Waals surface area contributed by atoms with E-state index < -0.39 is 11.6 Å². The molecule has 3 atom stereocenters. The predicted molar refractivity (Wildman–Crippen MR) is 108 cm³/mol. The number of likely N-dealkylation sites (tertiary alicyclic amines) is 1. The third kappa shape index (κ3) is 2.97. The molecular formula is C23H24N2O3. The molecule has 0 radical (unpaired) electrons. The van der Waals surface area contributed by atoms with Crippen molar-refractivity contribution in [1.82, 2.24) is 4.90 Å². The van der Waals surface area contributed by atoms with Gasteiger partial charge in [-0.05, 0) is 43.2 Å². The van der Waals surface area contributed by atoms with Gasteiger partial charge in [-0.2, -0.15) is 0 Å². The van der Waals surface area contributed by atoms with Gasteiger partial charge in [0.1, 0.15) is 11.7 Å². The standard InChI is InChI=1S/C23H24N2O3/c1-4-12-25-22(27)20(21(26)24-16-9-7-8-15(2)13-16)18-14-23(25,3)28-19-11-6-5-10-17(18)19/h4-11,13,18,20H,1,12,14H2,2-3H3,(H,24,26)/t18-,20-,23-/m1/s1. The molecule has 1 N–H and O–H groups in total. The number of amides is 2. The molecular weight excluding hydrogens is 352 g/mol. The zero-order valence-electron chi connectivity index (χ0n) is 16.1. The number of nitrogens with zero attached hydrogens (tertiary/aromatic N) is 1. The van der Waals surface area contributed by atoms with Gasteiger partial charge < -0.3 is 15.0 Å². The van der Waals surface area contributed by atoms with Crippen LogP contribution in [0.5, 0.6) is 5.75 Å². The van der Waals surface area contributed by atoms with Gasteiger partial charge in [0.25, 0.3) is 0 Å². The third-order valence-electron chi connectivity index (χ3n) is 5.63. The van der Waals surface area contributed by atoms with Gasteiger partial charge in [-0.1, -0.05) is 36.4 Å². The highest BCUT2D eigenvalue weighted by Gasteiger charge is 2.55. The monoisotopic (exact) mass is 376 g/mol. The normalized spacial score (nSPS) is 25.5. The number of nitrogens with one attached hydrogen (secondary N) is 1. The molecule has 4 rings (SSSR count). The van der Waals surface area contributed by atoms with E-state index in [1.165, 1.54) is 0 Å². The molecule has 0 aromatic heterocycles. The van der Waals surface area contributed by atoms with Crippen molar-refractivity contribution in [2.75, 3.05) is 11.9 Å². The Morgan fingerprint density at radius 1 is 1.32 bits per heavy atom. The third-order valence-corrected chi connectivity index (χ3v) is 5.63. The Morgan fingerprint density at radius 3 is 2.86 bits per heavy atom. The highest BCUT2D eigenvalue weighted by atomic mass is 16.5. The number of rotatable bonds is 4. The quantitative estimate of drug-likeness (QED) is 0.651. The molecule has 1 fully saturated rings. The van der Waals surface area contributed by atoms with Crippen LogP contribution in [0.3, 0.4) is 0 Å². The Hall–Kier alpha value is -3.08. The van der Waals surface area contributed by atoms with E-state index in [2.05, 4.69) is 11.9 Å². The van der Waals surface area contributed by atoms with E-state index in [0.717, 1.165) is 16.9 Å². The summed E-state index contributed by atoms with van der Waals surface area (Å²) in [6, 6.07) is 15.3. The Kier molecular flexibility index (Phi) is 4.46. The van der Waals surface area contributed by atoms with E-state index in [4.69, 9.17) is 4.74 Å². The van der Waals surface area contributed by atoms with Crippen LogP contribution in [-0.4, -0.2) is 29.0 Å². The molecule has 0 unspecified atom stereocenters. The summed E-state index contributed by atoms with van der Waals surface area (Å²) in [7, 11) is 0. The molecule has 2 bridgehead atoms. The minimum Gasteiger partial charge on any atom is -0.468 e. The maximum Gasteiger partial charge on any atom is 0.239 e. The van der Waals surface area contributed by atoms with Crippen molar-refractivity contribution in [3.05, 3.63) is 72.3 Å². The SMILES string of the molecule is C=CCN1C(=O)[C@@H](C(=O)Nc2cccc(C)c2)[C@@H]2C[C@@]1(C)Oc1ccccc12. The van der Waals surface area contributed by atoms with Crippen LogP contribution in [0, 0.1) is 12.8 Å². The van der Waals surface area contributed by atoms with Crippen molar-refractivity contribution in [1.29, 1.82) is 0 Å². The summed E-state index contributed by atoms with van der Waals surface area (Å²) < 4.78 is 6.21. The van der Waals surface area contributed by atoms with Crippen LogP contribution in [0.15, 0.2) is 61.2 Å². The van der Waals surface area contributed by atoms with Gasteiger partial charge in [-0.25, -0.2) is 0 Å². The molecule has 2 aromatic carbocycles. The molecule has 2 heterocycles. The molecule has 28 heavy (non-hydrogen) atoms. The highest BCUT2D eigenvalue weighted by Crippen LogP contribution is 2.50. The van der Waals surface area contributed by atoms with Crippen LogP contribution >= 0.6 is 0 Å². The predicted octanol–water partition coefficient (Wildman–Crippen LogP) is 3.86. The van der Waals surface area contributed by atoms with Gasteiger partial charge in [-0.15, -0.1) is 6.58 Å². The number of hydrogen-bond donors (Lipinski definition) is 1. The van der Waals surface area contributed by atoms with Crippen molar-refractivity contribution in [3.63, 3.8) is 0 Å². The minimum absolute atomic E-state index is 0.224. The fourth-order valence-corrected chi connectivity index (χ4v) is 4.36. The number of para-hydroxylation sites is 1. The summed E-state index contributed by atoms with van der Waals surface area (Å²) in [5.74, 6) is -0.810. The van der Waals surface area contributed by atoms with E-state index >= 15 is 0 Å². The molecule has 144 valence electrons. The van der Waals surface area contributed by atoms with Crippen LogP contribution in [-0.2, 0) is 9.59 Å². The fourth-order valence-electron chi connectivity index (χ4n) is 4.36. The Bertz CT molecular complexity index is 954. The second-order valence-electron chi connectivity index (χ2n) is 7.70. The number of fused-ring (bicyclic) bond motifs is 4. The van der Waals surface area contributed by atoms with Crippen molar-refractivity contribution in [3.8, 4) is 5.75 Å². The summed E-state index contributed by atoms with van der Waals surface area (Å²) >= 11 is 0. The molecule has 5 heteroatoms. The van der Waals surface area contributed by atoms with Crippen molar-refractivity contribution >= 4 is 17.5 Å². The first-order chi connectivity index (χ1) is 13.4. The van der Waals surface area contributed by atoms with Crippen LogP contribution in [0.2, 0.25) is 0 Å². The topological polar surface area (TPSA) is 58.6 Å². The van der Waals surface area contributed by atoms with Gasteiger partial charge in [-0.3, -0.25) is 9.59 Å². The van der Waals surface area contributed by atoms with Crippen molar-refractivity contribution in [2.45, 2.75) is 31.9 Å². The molecule has 1 saturated heterocycles. The van der Waals surface area contributed by atoms with Gasteiger partial charge >= 0.3 is 0 Å². The average Bonchev–Trinajstić information content (AvgIpc) is 2.65. The van der Waals surface area contributed by atoms with E-state index in [9.17, 15) is 9.59 Å². The van der Waals surface area contributed by atoms with Crippen LogP contribution in [0.1, 0.15) is 30.4 Å². The second kappa shape index (κ2) is 6.82. The second-order valence-corrected chi connectivity index (χ2v) is 7.70. The lowest BCUT2D eigenvalue weighted by molar-refractivity contribution is -0.173. The first-order valence-electron chi connectivity index (χ1n) is 9.51. The number of ether oxygens (including phenoxy) is 1. The molecule has 2 aliphatic heterocycles. The largest absolute Gasteiger partial charge is 0.468 e. The van der Waals surface area contributed by atoms with E-state index in [-0.39, 0.29) is 17.7 Å². The van der Waals surface area contributed by atoms with E-state index in [1.54, 1.807) is 11.0 Å². The number of aryl methyl sites for hydroxylation is 1. The number of benzene rings is 2. The number of piperidine rings is 1. The Morgan fingerprint density at radius 2 is 2.11 bits per heavy atom. The molecule has 2 aromatic rings. The number of anilines is 1. The van der Waals surface area contributed by atoms with Gasteiger partial charge in [0.2, 0.25) is 11.8 Å². The highest BCUT2D eigenvalue weighted by molar-refractivity contribution is 6.08. The van der Waals surface area contributed by atoms with Crippen LogP contribution < -0.4 is 10.1 Å².